The summed E-state index contributed by atoms with van der Waals surface area (Å²) in [5.74, 6) is -1.85. The smallest absolute Gasteiger partial charge is 0.256 e. The molecule has 0 heterocycles. The van der Waals surface area contributed by atoms with Crippen LogP contribution < -0.4 is 10.1 Å². The summed E-state index contributed by atoms with van der Waals surface area (Å²) in [6, 6.07) is 1.85. The van der Waals surface area contributed by atoms with Gasteiger partial charge in [0, 0.05) is 26.2 Å². The monoisotopic (exact) mass is 293 g/mol. The molecule has 1 rings (SSSR count). The number of hydrogen-bond donors (Lipinski definition) is 2. The Morgan fingerprint density at radius 1 is 1.26 bits per heavy atom. The van der Waals surface area contributed by atoms with E-state index in [4.69, 9.17) is 0 Å². The van der Waals surface area contributed by atoms with Gasteiger partial charge in [-0.05, 0) is 18.7 Å². The fraction of sp³-hybridized carbons (Fsp3) is 0.455. The summed E-state index contributed by atoms with van der Waals surface area (Å²) in [6.45, 7) is 2.23. The van der Waals surface area contributed by atoms with E-state index in [1.54, 1.807) is 6.92 Å². The number of nitrogens with one attached hydrogen (secondary N) is 2. The fourth-order valence-corrected chi connectivity index (χ4v) is 2.67. The van der Waals surface area contributed by atoms with Crippen molar-refractivity contribution in [1.82, 2.24) is 15.2 Å². The molecule has 0 aliphatic rings. The Labute approximate surface area is 111 Å². The standard InChI is InChI=1S/C11H17F2N3O2S/c1-4-14-7-8-9(12)5-6-10(11(8)13)19(17,18)15-16(2)3/h5-6,14-15H,4,7H2,1-3H3. The summed E-state index contributed by atoms with van der Waals surface area (Å²) in [4.78, 5) is 1.53. The lowest BCUT2D eigenvalue weighted by molar-refractivity contribution is 0.362. The summed E-state index contributed by atoms with van der Waals surface area (Å²) in [5, 5.41) is 3.93. The number of benzene rings is 1. The van der Waals surface area contributed by atoms with Gasteiger partial charge in [-0.3, -0.25) is 0 Å². The minimum atomic E-state index is -4.05. The fourth-order valence-electron chi connectivity index (χ4n) is 1.49. The van der Waals surface area contributed by atoms with Crippen LogP contribution in [0, 0.1) is 11.6 Å². The molecule has 0 atom stereocenters. The second kappa shape index (κ2) is 6.38. The second-order valence-corrected chi connectivity index (χ2v) is 5.74. The Kier molecular flexibility index (Phi) is 5.36. The van der Waals surface area contributed by atoms with Gasteiger partial charge in [0.1, 0.15) is 10.7 Å². The van der Waals surface area contributed by atoms with Crippen molar-refractivity contribution >= 4 is 10.0 Å². The Morgan fingerprint density at radius 3 is 2.42 bits per heavy atom. The van der Waals surface area contributed by atoms with E-state index in [2.05, 4.69) is 10.1 Å². The minimum Gasteiger partial charge on any atom is -0.313 e. The van der Waals surface area contributed by atoms with Crippen LogP contribution in [-0.4, -0.2) is 34.1 Å². The van der Waals surface area contributed by atoms with Gasteiger partial charge < -0.3 is 5.32 Å². The third-order valence-electron chi connectivity index (χ3n) is 2.29. The van der Waals surface area contributed by atoms with E-state index >= 15 is 0 Å². The molecule has 0 aliphatic carbocycles. The molecule has 0 aliphatic heterocycles. The molecule has 108 valence electrons. The first-order valence-corrected chi connectivity index (χ1v) is 7.15. The maximum absolute atomic E-state index is 14.1. The summed E-state index contributed by atoms with van der Waals surface area (Å²) < 4.78 is 51.3. The number of hydrogen-bond acceptors (Lipinski definition) is 4. The van der Waals surface area contributed by atoms with E-state index in [9.17, 15) is 17.2 Å². The number of rotatable bonds is 6. The summed E-state index contributed by atoms with van der Waals surface area (Å²) >= 11 is 0. The van der Waals surface area contributed by atoms with Crippen LogP contribution >= 0.6 is 0 Å². The third-order valence-corrected chi connectivity index (χ3v) is 3.79. The maximum atomic E-state index is 14.1. The Bertz CT molecular complexity index is 547. The predicted molar refractivity (Wildman–Crippen MR) is 67.7 cm³/mol. The largest absolute Gasteiger partial charge is 0.313 e. The van der Waals surface area contributed by atoms with Crippen LogP contribution in [0.15, 0.2) is 17.0 Å². The average Bonchev–Trinajstić information content (AvgIpc) is 2.26. The zero-order valence-electron chi connectivity index (χ0n) is 11.0. The Balaban J connectivity index is 3.23. The zero-order valence-corrected chi connectivity index (χ0v) is 11.8. The van der Waals surface area contributed by atoms with Crippen molar-refractivity contribution in [2.45, 2.75) is 18.4 Å². The van der Waals surface area contributed by atoms with E-state index in [1.807, 2.05) is 0 Å². The van der Waals surface area contributed by atoms with Crippen molar-refractivity contribution in [2.75, 3.05) is 20.6 Å². The van der Waals surface area contributed by atoms with Gasteiger partial charge in [-0.25, -0.2) is 22.2 Å². The van der Waals surface area contributed by atoms with Gasteiger partial charge in [0.15, 0.2) is 5.82 Å². The second-order valence-electron chi connectivity index (χ2n) is 4.11. The predicted octanol–water partition coefficient (Wildman–Crippen LogP) is 0.829. The van der Waals surface area contributed by atoms with Crippen molar-refractivity contribution in [3.8, 4) is 0 Å². The van der Waals surface area contributed by atoms with Crippen LogP contribution in [0.4, 0.5) is 8.78 Å². The normalized spacial score (nSPS) is 12.1. The van der Waals surface area contributed by atoms with Crippen molar-refractivity contribution in [2.24, 2.45) is 0 Å². The molecule has 8 heteroatoms. The molecule has 0 aromatic heterocycles. The molecule has 0 fully saturated rings. The van der Waals surface area contributed by atoms with Gasteiger partial charge in [-0.1, -0.05) is 6.92 Å². The molecule has 2 N–H and O–H groups in total. The molecular formula is C11H17F2N3O2S. The van der Waals surface area contributed by atoms with Gasteiger partial charge >= 0.3 is 0 Å². The van der Waals surface area contributed by atoms with Crippen LogP contribution in [0.1, 0.15) is 12.5 Å². The molecule has 0 radical (unpaired) electrons. The van der Waals surface area contributed by atoms with Gasteiger partial charge in [0.2, 0.25) is 0 Å². The first-order chi connectivity index (χ1) is 8.79. The lowest BCUT2D eigenvalue weighted by Crippen LogP contribution is -2.36. The van der Waals surface area contributed by atoms with Gasteiger partial charge in [0.25, 0.3) is 10.0 Å². The SMILES string of the molecule is CCNCc1c(F)ccc(S(=O)(=O)NN(C)C)c1F. The molecule has 1 aromatic rings. The third kappa shape index (κ3) is 3.93. The van der Waals surface area contributed by atoms with Crippen molar-refractivity contribution in [1.29, 1.82) is 0 Å². The Hall–Kier alpha value is -1.09. The van der Waals surface area contributed by atoms with Crippen LogP contribution in [0.2, 0.25) is 0 Å². The van der Waals surface area contributed by atoms with Crippen LogP contribution in [0.3, 0.4) is 0 Å². The highest BCUT2D eigenvalue weighted by molar-refractivity contribution is 7.89. The highest BCUT2D eigenvalue weighted by Gasteiger charge is 2.23. The quantitative estimate of drug-likeness (QED) is 0.763. The number of sulfonamides is 1. The van der Waals surface area contributed by atoms with Crippen LogP contribution in [0.25, 0.3) is 0 Å². The Morgan fingerprint density at radius 2 is 1.89 bits per heavy atom. The van der Waals surface area contributed by atoms with Crippen LogP contribution in [-0.2, 0) is 16.6 Å². The average molecular weight is 293 g/mol. The molecule has 5 nitrogen and oxygen atoms in total. The van der Waals surface area contributed by atoms with Crippen molar-refractivity contribution < 1.29 is 17.2 Å². The first kappa shape index (κ1) is 16.0. The number of hydrazine groups is 1. The van der Waals surface area contributed by atoms with E-state index in [0.29, 0.717) is 6.54 Å². The lowest BCUT2D eigenvalue weighted by Gasteiger charge is -2.14. The minimum absolute atomic E-state index is 0.0699. The van der Waals surface area contributed by atoms with Gasteiger partial charge in [-0.15, -0.1) is 4.83 Å². The molecule has 0 saturated carbocycles. The van der Waals surface area contributed by atoms with Crippen molar-refractivity contribution in [3.05, 3.63) is 29.3 Å². The van der Waals surface area contributed by atoms with Crippen LogP contribution in [0.5, 0.6) is 0 Å². The van der Waals surface area contributed by atoms with Gasteiger partial charge in [0.05, 0.1) is 0 Å². The summed E-state index contributed by atoms with van der Waals surface area (Å²) in [5.41, 5.74) is -0.288. The molecule has 0 saturated heterocycles. The molecule has 0 spiro atoms. The van der Waals surface area contributed by atoms with E-state index in [-0.39, 0.29) is 12.1 Å². The highest BCUT2D eigenvalue weighted by atomic mass is 32.2. The first-order valence-electron chi connectivity index (χ1n) is 5.67. The molecule has 0 bridgehead atoms. The molecule has 1 aromatic carbocycles. The molecule has 0 unspecified atom stereocenters. The summed E-state index contributed by atoms with van der Waals surface area (Å²) in [7, 11) is -1.13. The van der Waals surface area contributed by atoms with E-state index in [1.165, 1.54) is 19.1 Å². The van der Waals surface area contributed by atoms with Gasteiger partial charge in [-0.2, -0.15) is 0 Å². The number of halogens is 2. The maximum Gasteiger partial charge on any atom is 0.256 e. The molecule has 19 heavy (non-hydrogen) atoms. The lowest BCUT2D eigenvalue weighted by atomic mass is 10.2. The summed E-state index contributed by atoms with van der Waals surface area (Å²) in [6.07, 6.45) is 0. The zero-order chi connectivity index (χ0) is 14.6. The van der Waals surface area contributed by atoms with E-state index in [0.717, 1.165) is 12.1 Å². The molecular weight excluding hydrogens is 276 g/mol. The number of nitrogens with zero attached hydrogens (tertiary/aromatic N) is 1. The molecule has 0 amide bonds. The van der Waals surface area contributed by atoms with Crippen molar-refractivity contribution in [3.63, 3.8) is 0 Å². The highest BCUT2D eigenvalue weighted by Crippen LogP contribution is 2.21. The topological polar surface area (TPSA) is 61.4 Å². The van der Waals surface area contributed by atoms with E-state index < -0.39 is 26.6 Å².